The number of nitrogens with zero attached hydrogens (tertiary/aromatic N) is 8. The highest BCUT2D eigenvalue weighted by molar-refractivity contribution is 7.15. The van der Waals surface area contributed by atoms with E-state index in [1.54, 1.807) is 33.6 Å². The number of aliphatic hydroxyl groups excluding tert-OH is 1. The number of halogens is 1. The predicted molar refractivity (Wildman–Crippen MR) is 273 cm³/mol. The lowest BCUT2D eigenvalue weighted by Gasteiger charge is -2.30. The van der Waals surface area contributed by atoms with Crippen LogP contribution in [0.3, 0.4) is 0 Å². The number of hydrogen-bond acceptors (Lipinski definition) is 12. The summed E-state index contributed by atoms with van der Waals surface area (Å²) in [6, 6.07) is 21.0. The maximum atomic E-state index is 14.4. The van der Waals surface area contributed by atoms with Crippen LogP contribution in [0.15, 0.2) is 95.7 Å². The van der Waals surface area contributed by atoms with Crippen molar-refractivity contribution in [2.75, 3.05) is 13.1 Å². The largest absolute Gasteiger partial charge is 0.489 e. The van der Waals surface area contributed by atoms with Gasteiger partial charge in [0.2, 0.25) is 17.7 Å². The maximum absolute atomic E-state index is 14.4. The zero-order valence-electron chi connectivity index (χ0n) is 40.0. The predicted octanol–water partition coefficient (Wildman–Crippen LogP) is 8.54. The van der Waals surface area contributed by atoms with Gasteiger partial charge in [0, 0.05) is 52.3 Å². The first kappa shape index (κ1) is 48.5. The van der Waals surface area contributed by atoms with Crippen LogP contribution in [0.1, 0.15) is 90.2 Å². The third-order valence-electron chi connectivity index (χ3n) is 12.9. The van der Waals surface area contributed by atoms with Gasteiger partial charge in [0.1, 0.15) is 40.8 Å². The second kappa shape index (κ2) is 20.4. The number of carbonyl (C=O) groups is 3. The van der Waals surface area contributed by atoms with E-state index >= 15 is 0 Å². The Kier molecular flexibility index (Phi) is 14.2. The fourth-order valence-electron chi connectivity index (χ4n) is 9.14. The van der Waals surface area contributed by atoms with Crippen molar-refractivity contribution in [2.24, 2.45) is 10.9 Å². The lowest BCUT2D eigenvalue weighted by atomic mass is 9.99. The number of thiophene rings is 1. The standard InChI is InChI=1S/C52H55ClN10O5S2/c1-28(2)47(51(67)61-26-40(64)20-43(61)50(66)55-23-34-11-13-36(14-12-34)48-31(5)56-27-69-48)62-25-38(24-57-62)37-9-8-10-41(19-37)68-29(3)22-54-44(65)21-42-49-60-59-33(7)63(49)52-45(30(4)32(6)70-52)46(58-42)35-15-17-39(53)18-16-35/h8-19,24-25,27-29,40,42-43,47,64H,20-23,26H2,1-7H3,(H,54,65)(H,55,66)/t29-,40+,42-,43-,47+/m0/s1. The molecule has 362 valence electrons. The number of benzene rings is 3. The van der Waals surface area contributed by atoms with Crippen LogP contribution in [-0.4, -0.2) is 94.3 Å². The van der Waals surface area contributed by atoms with Gasteiger partial charge in [-0.05, 0) is 87.1 Å². The van der Waals surface area contributed by atoms with Gasteiger partial charge in [0.25, 0.3) is 0 Å². The number of amides is 3. The molecule has 1 fully saturated rings. The average molecular weight is 1000 g/mol. The fraction of sp³-hybridized carbons (Fsp3) is 0.346. The molecule has 0 saturated carbocycles. The summed E-state index contributed by atoms with van der Waals surface area (Å²) < 4.78 is 9.99. The molecule has 3 N–H and O–H groups in total. The van der Waals surface area contributed by atoms with Gasteiger partial charge in [-0.1, -0.05) is 74.0 Å². The summed E-state index contributed by atoms with van der Waals surface area (Å²) in [5.74, 6) is 0.919. The molecule has 5 atom stereocenters. The van der Waals surface area contributed by atoms with Crippen LogP contribution >= 0.6 is 34.3 Å². The number of hydrogen-bond donors (Lipinski definition) is 3. The Labute approximate surface area is 419 Å². The number of ether oxygens (including phenoxy) is 1. The molecule has 0 radical (unpaired) electrons. The number of β-amino-alcohol motifs (C(OH)–C–C–N with tert-alkyl or cyclic N) is 1. The Morgan fingerprint density at radius 3 is 2.41 bits per heavy atom. The number of aliphatic hydroxyl groups is 1. The third-order valence-corrected chi connectivity index (χ3v) is 15.3. The smallest absolute Gasteiger partial charge is 0.248 e. The van der Waals surface area contributed by atoms with Gasteiger partial charge in [-0.15, -0.1) is 32.9 Å². The monoisotopic (exact) mass is 998 g/mol. The summed E-state index contributed by atoms with van der Waals surface area (Å²) in [6.07, 6.45) is 2.49. The van der Waals surface area contributed by atoms with Gasteiger partial charge in [-0.3, -0.25) is 28.6 Å². The normalized spacial score (nSPS) is 17.4. The van der Waals surface area contributed by atoms with Crippen molar-refractivity contribution in [2.45, 2.75) is 98.2 Å². The third kappa shape index (κ3) is 10.1. The molecule has 18 heteroatoms. The average Bonchev–Trinajstić information content (AvgIpc) is 4.19. The van der Waals surface area contributed by atoms with E-state index in [9.17, 15) is 19.5 Å². The van der Waals surface area contributed by atoms with Gasteiger partial charge in [-0.2, -0.15) is 5.10 Å². The van der Waals surface area contributed by atoms with Gasteiger partial charge < -0.3 is 25.4 Å². The zero-order chi connectivity index (χ0) is 49.4. The van der Waals surface area contributed by atoms with Crippen LogP contribution in [0.5, 0.6) is 5.75 Å². The number of carbonyl (C=O) groups excluding carboxylic acids is 3. The van der Waals surface area contributed by atoms with Crippen molar-refractivity contribution in [3.8, 4) is 32.3 Å². The minimum atomic E-state index is -0.832. The first-order valence-corrected chi connectivity index (χ1v) is 25.4. The number of likely N-dealkylation sites (tertiary alicyclic amines) is 1. The van der Waals surface area contributed by atoms with Crippen molar-refractivity contribution in [3.63, 3.8) is 0 Å². The molecule has 15 nitrogen and oxygen atoms in total. The van der Waals surface area contributed by atoms with E-state index in [2.05, 4.69) is 44.8 Å². The minimum absolute atomic E-state index is 0.0462. The fourth-order valence-corrected chi connectivity index (χ4v) is 11.3. The highest BCUT2D eigenvalue weighted by atomic mass is 35.5. The van der Waals surface area contributed by atoms with Crippen LogP contribution < -0.4 is 15.4 Å². The topological polar surface area (TPSA) is 182 Å². The van der Waals surface area contributed by atoms with Gasteiger partial charge >= 0.3 is 0 Å². The van der Waals surface area contributed by atoms with Crippen LogP contribution in [0, 0.1) is 33.6 Å². The zero-order valence-corrected chi connectivity index (χ0v) is 42.4. The highest BCUT2D eigenvalue weighted by Crippen LogP contribution is 2.40. The number of aliphatic imine (C=N–C) groups is 1. The molecule has 3 amide bonds. The first-order valence-electron chi connectivity index (χ1n) is 23.3. The van der Waals surface area contributed by atoms with E-state index in [0.29, 0.717) is 16.6 Å². The summed E-state index contributed by atoms with van der Waals surface area (Å²) >= 11 is 9.52. The first-order chi connectivity index (χ1) is 33.6. The van der Waals surface area contributed by atoms with E-state index in [0.717, 1.165) is 70.9 Å². The van der Waals surface area contributed by atoms with Crippen LogP contribution in [0.4, 0.5) is 0 Å². The SMILES string of the molecule is Cc1ncsc1-c1ccc(CNC(=O)[C@@H]2C[C@@H](O)CN2C(=O)[C@@H](C(C)C)n2cc(-c3cccc(O[C@@H](C)CNC(=O)C[C@@H]4N=C(c5ccc(Cl)cc5)c5c(sc(C)c5C)-n5c(C)nnc54)c3)cn2)cc1. The molecule has 0 unspecified atom stereocenters. The highest BCUT2D eigenvalue weighted by Gasteiger charge is 2.42. The van der Waals surface area contributed by atoms with Crippen LogP contribution in [0.2, 0.25) is 5.02 Å². The molecular weight excluding hydrogens is 944 g/mol. The van der Waals surface area contributed by atoms with Crippen molar-refractivity contribution >= 4 is 57.7 Å². The lowest BCUT2D eigenvalue weighted by Crippen LogP contribution is -2.49. The molecule has 0 aliphatic carbocycles. The number of rotatable bonds is 15. The molecule has 9 rings (SSSR count). The van der Waals surface area contributed by atoms with E-state index < -0.39 is 30.3 Å². The van der Waals surface area contributed by atoms with Crippen LogP contribution in [-0.2, 0) is 20.9 Å². The minimum Gasteiger partial charge on any atom is -0.489 e. The second-order valence-electron chi connectivity index (χ2n) is 18.3. The van der Waals surface area contributed by atoms with E-state index in [4.69, 9.17) is 21.3 Å². The van der Waals surface area contributed by atoms with Crippen molar-refractivity contribution in [1.82, 2.24) is 45.1 Å². The number of aryl methyl sites for hydroxylation is 3. The molecule has 7 aromatic rings. The summed E-state index contributed by atoms with van der Waals surface area (Å²) in [6.45, 7) is 14.4. The molecule has 6 heterocycles. The van der Waals surface area contributed by atoms with Crippen molar-refractivity contribution in [1.29, 1.82) is 0 Å². The second-order valence-corrected chi connectivity index (χ2v) is 20.8. The molecule has 0 bridgehead atoms. The van der Waals surface area contributed by atoms with Gasteiger partial charge in [-0.25, -0.2) is 4.98 Å². The quantitative estimate of drug-likeness (QED) is 0.0907. The van der Waals surface area contributed by atoms with Gasteiger partial charge in [0.05, 0.1) is 47.1 Å². The number of fused-ring (bicyclic) bond motifs is 3. The lowest BCUT2D eigenvalue weighted by molar-refractivity contribution is -0.142. The Morgan fingerprint density at radius 2 is 1.69 bits per heavy atom. The summed E-state index contributed by atoms with van der Waals surface area (Å²) in [5, 5.41) is 32.0. The molecular formula is C52H55ClN10O5S2. The number of nitrogens with one attached hydrogen (secondary N) is 2. The Bertz CT molecular complexity index is 3080. The van der Waals surface area contributed by atoms with E-state index in [-0.39, 0.29) is 56.1 Å². The maximum Gasteiger partial charge on any atom is 0.248 e. The Balaban J connectivity index is 0.831. The Morgan fingerprint density at radius 1 is 0.929 bits per heavy atom. The van der Waals surface area contributed by atoms with E-state index in [1.807, 2.05) is 124 Å². The molecule has 2 aliphatic rings. The molecule has 1 saturated heterocycles. The molecule has 2 aliphatic heterocycles. The molecule has 0 spiro atoms. The molecule has 70 heavy (non-hydrogen) atoms. The van der Waals surface area contributed by atoms with Crippen molar-refractivity contribution in [3.05, 3.63) is 140 Å². The molecule has 3 aromatic carbocycles. The van der Waals surface area contributed by atoms with Crippen LogP contribution in [0.25, 0.3) is 26.6 Å². The number of thiazole rings is 1. The Hall–Kier alpha value is -6.53. The van der Waals surface area contributed by atoms with Gasteiger partial charge in [0.15, 0.2) is 5.82 Å². The molecule has 4 aromatic heterocycles. The van der Waals surface area contributed by atoms with E-state index in [1.165, 1.54) is 4.90 Å². The summed E-state index contributed by atoms with van der Waals surface area (Å²) in [5.41, 5.74) is 10.2. The number of aromatic nitrogens is 6. The summed E-state index contributed by atoms with van der Waals surface area (Å²) in [7, 11) is 0. The van der Waals surface area contributed by atoms with Crippen molar-refractivity contribution < 1.29 is 24.2 Å². The summed E-state index contributed by atoms with van der Waals surface area (Å²) in [4.78, 5) is 55.0.